The van der Waals surface area contributed by atoms with Crippen LogP contribution in [0, 0.1) is 0 Å². The molecule has 1 unspecified atom stereocenters. The Morgan fingerprint density at radius 3 is 3.00 bits per heavy atom. The lowest BCUT2D eigenvalue weighted by Gasteiger charge is -2.23. The van der Waals surface area contributed by atoms with Crippen molar-refractivity contribution < 1.29 is 4.79 Å². The van der Waals surface area contributed by atoms with E-state index in [0.29, 0.717) is 12.3 Å². The standard InChI is InChI=1S/C16H24N2OS/c1-2-3-4-5-6-9-15(19)18-11-12-20-16(18)14-8-7-10-17-13-14/h7-8,10,13,16H,2-6,9,11-12H2,1H3. The van der Waals surface area contributed by atoms with Gasteiger partial charge in [0.25, 0.3) is 0 Å². The van der Waals surface area contributed by atoms with Crippen LogP contribution < -0.4 is 0 Å². The number of amides is 1. The number of pyridine rings is 1. The summed E-state index contributed by atoms with van der Waals surface area (Å²) in [4.78, 5) is 18.6. The highest BCUT2D eigenvalue weighted by Gasteiger charge is 2.30. The second-order valence-corrected chi connectivity index (χ2v) is 6.45. The van der Waals surface area contributed by atoms with Gasteiger partial charge in [0.2, 0.25) is 5.91 Å². The lowest BCUT2D eigenvalue weighted by Crippen LogP contribution is -2.30. The van der Waals surface area contributed by atoms with Crippen molar-refractivity contribution in [3.63, 3.8) is 0 Å². The number of rotatable bonds is 7. The van der Waals surface area contributed by atoms with Crippen LogP contribution in [0.1, 0.15) is 56.4 Å². The van der Waals surface area contributed by atoms with Crippen LogP contribution in [0.5, 0.6) is 0 Å². The summed E-state index contributed by atoms with van der Waals surface area (Å²) in [7, 11) is 0. The highest BCUT2D eigenvalue weighted by molar-refractivity contribution is 7.99. The number of thioether (sulfide) groups is 1. The largest absolute Gasteiger partial charge is 0.326 e. The first-order chi connectivity index (χ1) is 9.83. The van der Waals surface area contributed by atoms with Crippen molar-refractivity contribution in [3.05, 3.63) is 30.1 Å². The lowest BCUT2D eigenvalue weighted by atomic mass is 10.1. The molecule has 110 valence electrons. The molecule has 1 aromatic heterocycles. The van der Waals surface area contributed by atoms with Gasteiger partial charge in [-0.25, -0.2) is 0 Å². The summed E-state index contributed by atoms with van der Waals surface area (Å²) in [6.45, 7) is 3.09. The molecule has 2 heterocycles. The van der Waals surface area contributed by atoms with Gasteiger partial charge in [-0.1, -0.05) is 38.7 Å². The molecule has 0 saturated carbocycles. The van der Waals surface area contributed by atoms with Gasteiger partial charge in [0, 0.05) is 36.7 Å². The second kappa shape index (κ2) is 8.30. The molecule has 0 aliphatic carbocycles. The Labute approximate surface area is 126 Å². The Kier molecular flexibility index (Phi) is 6.37. The number of hydrogen-bond donors (Lipinski definition) is 0. The molecule has 1 saturated heterocycles. The normalized spacial score (nSPS) is 18.4. The predicted molar refractivity (Wildman–Crippen MR) is 84.5 cm³/mol. The first kappa shape index (κ1) is 15.4. The van der Waals surface area contributed by atoms with Crippen molar-refractivity contribution in [1.82, 2.24) is 9.88 Å². The number of carbonyl (C=O) groups excluding carboxylic acids is 1. The predicted octanol–water partition coefficient (Wildman–Crippen LogP) is 4.02. The molecule has 2 rings (SSSR count). The zero-order valence-corrected chi connectivity index (χ0v) is 13.1. The molecular formula is C16H24N2OS. The fourth-order valence-electron chi connectivity index (χ4n) is 2.55. The van der Waals surface area contributed by atoms with E-state index in [1.165, 1.54) is 25.7 Å². The third-order valence-corrected chi connectivity index (χ3v) is 4.94. The minimum atomic E-state index is 0.173. The Morgan fingerprint density at radius 2 is 2.25 bits per heavy atom. The number of nitrogens with zero attached hydrogens (tertiary/aromatic N) is 2. The topological polar surface area (TPSA) is 33.2 Å². The molecule has 4 heteroatoms. The van der Waals surface area contributed by atoms with Gasteiger partial charge in [-0.3, -0.25) is 9.78 Å². The van der Waals surface area contributed by atoms with Crippen molar-refractivity contribution in [2.45, 2.75) is 50.8 Å². The van der Waals surface area contributed by atoms with Gasteiger partial charge in [-0.05, 0) is 12.5 Å². The van der Waals surface area contributed by atoms with E-state index in [1.54, 1.807) is 6.20 Å². The first-order valence-electron chi connectivity index (χ1n) is 7.64. The van der Waals surface area contributed by atoms with E-state index in [0.717, 1.165) is 24.3 Å². The van der Waals surface area contributed by atoms with Crippen molar-refractivity contribution in [3.8, 4) is 0 Å². The van der Waals surface area contributed by atoms with E-state index in [2.05, 4.69) is 18.0 Å². The fourth-order valence-corrected chi connectivity index (χ4v) is 3.81. The molecular weight excluding hydrogens is 268 g/mol. The average molecular weight is 292 g/mol. The molecule has 1 aliphatic heterocycles. The molecule has 0 aromatic carbocycles. The lowest BCUT2D eigenvalue weighted by molar-refractivity contribution is -0.131. The van der Waals surface area contributed by atoms with Crippen molar-refractivity contribution in [2.24, 2.45) is 0 Å². The van der Waals surface area contributed by atoms with Gasteiger partial charge in [0.1, 0.15) is 5.37 Å². The molecule has 1 atom stereocenters. The summed E-state index contributed by atoms with van der Waals surface area (Å²) in [6, 6.07) is 4.01. The van der Waals surface area contributed by atoms with E-state index in [-0.39, 0.29) is 5.37 Å². The van der Waals surface area contributed by atoms with Crippen molar-refractivity contribution in [1.29, 1.82) is 0 Å². The number of hydrogen-bond acceptors (Lipinski definition) is 3. The Bertz CT molecular complexity index is 410. The molecule has 1 aliphatic rings. The quantitative estimate of drug-likeness (QED) is 0.712. The maximum absolute atomic E-state index is 12.4. The number of aromatic nitrogens is 1. The first-order valence-corrected chi connectivity index (χ1v) is 8.69. The molecule has 0 bridgehead atoms. The fraction of sp³-hybridized carbons (Fsp3) is 0.625. The summed E-state index contributed by atoms with van der Waals surface area (Å²) in [5.41, 5.74) is 1.15. The van der Waals surface area contributed by atoms with Crippen LogP contribution in [0.2, 0.25) is 0 Å². The summed E-state index contributed by atoms with van der Waals surface area (Å²) >= 11 is 1.84. The molecule has 20 heavy (non-hydrogen) atoms. The number of carbonyl (C=O) groups is 1. The van der Waals surface area contributed by atoms with E-state index in [1.807, 2.05) is 28.9 Å². The Morgan fingerprint density at radius 1 is 1.40 bits per heavy atom. The molecule has 1 aromatic rings. The smallest absolute Gasteiger partial charge is 0.223 e. The van der Waals surface area contributed by atoms with Gasteiger partial charge in [0.05, 0.1) is 0 Å². The third kappa shape index (κ3) is 4.23. The SMILES string of the molecule is CCCCCCCC(=O)N1CCSC1c1cccnc1. The van der Waals surface area contributed by atoms with Crippen LogP contribution >= 0.6 is 11.8 Å². The maximum Gasteiger partial charge on any atom is 0.223 e. The van der Waals surface area contributed by atoms with Crippen LogP contribution in [0.15, 0.2) is 24.5 Å². The third-order valence-electron chi connectivity index (χ3n) is 3.68. The second-order valence-electron chi connectivity index (χ2n) is 5.26. The van der Waals surface area contributed by atoms with Gasteiger partial charge in [-0.15, -0.1) is 11.8 Å². The van der Waals surface area contributed by atoms with Gasteiger partial charge in [0.15, 0.2) is 0 Å². The van der Waals surface area contributed by atoms with Crippen molar-refractivity contribution in [2.75, 3.05) is 12.3 Å². The highest BCUT2D eigenvalue weighted by atomic mass is 32.2. The van der Waals surface area contributed by atoms with Crippen LogP contribution in [0.4, 0.5) is 0 Å². The highest BCUT2D eigenvalue weighted by Crippen LogP contribution is 2.37. The number of unbranched alkanes of at least 4 members (excludes halogenated alkanes) is 4. The minimum Gasteiger partial charge on any atom is -0.326 e. The van der Waals surface area contributed by atoms with E-state index < -0.39 is 0 Å². The summed E-state index contributed by atoms with van der Waals surface area (Å²) in [6.07, 6.45) is 10.4. The van der Waals surface area contributed by atoms with Crippen LogP contribution in [-0.2, 0) is 4.79 Å². The van der Waals surface area contributed by atoms with Gasteiger partial charge < -0.3 is 4.90 Å². The summed E-state index contributed by atoms with van der Waals surface area (Å²) < 4.78 is 0. The molecule has 1 fully saturated rings. The molecule has 0 N–H and O–H groups in total. The molecule has 0 spiro atoms. The Balaban J connectivity index is 1.83. The zero-order valence-electron chi connectivity index (χ0n) is 12.3. The van der Waals surface area contributed by atoms with E-state index in [4.69, 9.17) is 0 Å². The average Bonchev–Trinajstić information content (AvgIpc) is 2.97. The van der Waals surface area contributed by atoms with Crippen LogP contribution in [0.25, 0.3) is 0 Å². The van der Waals surface area contributed by atoms with Crippen LogP contribution in [-0.4, -0.2) is 28.1 Å². The van der Waals surface area contributed by atoms with Gasteiger partial charge in [-0.2, -0.15) is 0 Å². The molecule has 0 radical (unpaired) electrons. The molecule has 1 amide bonds. The van der Waals surface area contributed by atoms with Gasteiger partial charge >= 0.3 is 0 Å². The van der Waals surface area contributed by atoms with E-state index in [9.17, 15) is 4.79 Å². The summed E-state index contributed by atoms with van der Waals surface area (Å²) in [5, 5.41) is 0.173. The van der Waals surface area contributed by atoms with E-state index >= 15 is 0 Å². The monoisotopic (exact) mass is 292 g/mol. The molecule has 3 nitrogen and oxygen atoms in total. The van der Waals surface area contributed by atoms with Crippen LogP contribution in [0.3, 0.4) is 0 Å². The Hall–Kier alpha value is -1.03. The van der Waals surface area contributed by atoms with Crippen molar-refractivity contribution >= 4 is 17.7 Å². The maximum atomic E-state index is 12.4. The summed E-state index contributed by atoms with van der Waals surface area (Å²) in [5.74, 6) is 1.33. The minimum absolute atomic E-state index is 0.173. The zero-order chi connectivity index (χ0) is 14.2.